The second-order valence-corrected chi connectivity index (χ2v) is 7.15. The monoisotopic (exact) mass is 371 g/mol. The molecule has 134 valence electrons. The highest BCUT2D eigenvalue weighted by Gasteiger charge is 2.16. The number of phenolic OH excluding ortho intramolecular Hbond substituents is 1. The fourth-order valence-corrected chi connectivity index (χ4v) is 3.43. The molecular formula is C20H18FNO3S. The summed E-state index contributed by atoms with van der Waals surface area (Å²) in [7, 11) is 0. The van der Waals surface area contributed by atoms with Crippen molar-refractivity contribution in [3.05, 3.63) is 75.0 Å². The number of esters is 1. The van der Waals surface area contributed by atoms with Gasteiger partial charge in [-0.05, 0) is 55.5 Å². The van der Waals surface area contributed by atoms with Crippen LogP contribution in [0.5, 0.6) is 11.5 Å². The van der Waals surface area contributed by atoms with Crippen molar-refractivity contribution in [1.29, 1.82) is 0 Å². The lowest BCUT2D eigenvalue weighted by molar-refractivity contribution is 0.0727. The molecular weight excluding hydrogens is 353 g/mol. The van der Waals surface area contributed by atoms with Gasteiger partial charge in [0, 0.05) is 11.1 Å². The molecule has 6 heteroatoms. The maximum Gasteiger partial charge on any atom is 0.372 e. The van der Waals surface area contributed by atoms with Crippen LogP contribution in [0.25, 0.3) is 0 Å². The van der Waals surface area contributed by atoms with Crippen LogP contribution in [0.4, 0.5) is 4.39 Å². The second-order valence-electron chi connectivity index (χ2n) is 6.03. The molecule has 0 atom stereocenters. The van der Waals surface area contributed by atoms with Crippen molar-refractivity contribution in [2.45, 2.75) is 26.7 Å². The third-order valence-corrected chi connectivity index (χ3v) is 5.02. The summed E-state index contributed by atoms with van der Waals surface area (Å²) in [6, 6.07) is 9.67. The Morgan fingerprint density at radius 3 is 2.58 bits per heavy atom. The number of carbonyl (C=O) groups is 1. The van der Waals surface area contributed by atoms with Crippen LogP contribution in [0, 0.1) is 19.7 Å². The summed E-state index contributed by atoms with van der Waals surface area (Å²) in [5.41, 5.74) is 2.80. The first-order valence-corrected chi connectivity index (χ1v) is 8.96. The number of rotatable bonds is 5. The van der Waals surface area contributed by atoms with Crippen molar-refractivity contribution in [3.8, 4) is 11.5 Å². The molecule has 3 rings (SSSR count). The quantitative estimate of drug-likeness (QED) is 0.526. The fraction of sp³-hybridized carbons (Fsp3) is 0.200. The van der Waals surface area contributed by atoms with E-state index in [2.05, 4.69) is 4.98 Å². The van der Waals surface area contributed by atoms with E-state index in [0.717, 1.165) is 28.0 Å². The van der Waals surface area contributed by atoms with Gasteiger partial charge >= 0.3 is 5.97 Å². The molecule has 26 heavy (non-hydrogen) atoms. The minimum absolute atomic E-state index is 0.107. The van der Waals surface area contributed by atoms with E-state index in [1.165, 1.54) is 29.5 Å². The normalized spacial score (nSPS) is 10.7. The van der Waals surface area contributed by atoms with Gasteiger partial charge in [0.05, 0.1) is 0 Å². The number of aryl methyl sites for hydroxylation is 4. The van der Waals surface area contributed by atoms with E-state index in [1.807, 2.05) is 26.0 Å². The van der Waals surface area contributed by atoms with Gasteiger partial charge in [-0.15, -0.1) is 11.3 Å². The largest absolute Gasteiger partial charge is 0.507 e. The van der Waals surface area contributed by atoms with Crippen LogP contribution in [-0.4, -0.2) is 16.1 Å². The summed E-state index contributed by atoms with van der Waals surface area (Å²) < 4.78 is 18.6. The Bertz CT molecular complexity index is 929. The van der Waals surface area contributed by atoms with Gasteiger partial charge < -0.3 is 9.84 Å². The summed E-state index contributed by atoms with van der Waals surface area (Å²) >= 11 is 1.24. The molecule has 0 saturated heterocycles. The Hall–Kier alpha value is -2.73. The molecule has 1 heterocycles. The highest BCUT2D eigenvalue weighted by Crippen LogP contribution is 2.25. The minimum atomic E-state index is -0.664. The molecule has 3 aromatic rings. The standard InChI is InChI=1S/C20H18FNO3S/c1-12-9-14(10-13(2)18(12)23)7-8-15-11-22-19(26-15)20(24)25-17-6-4-3-5-16(17)21/h3-6,9-11,23H,7-8H2,1-2H3. The number of carbonyl (C=O) groups excluding carboxylic acids is 1. The van der Waals surface area contributed by atoms with Crippen LogP contribution in [0.3, 0.4) is 0 Å². The van der Waals surface area contributed by atoms with Gasteiger partial charge in [0.25, 0.3) is 0 Å². The zero-order valence-corrected chi connectivity index (χ0v) is 15.3. The first-order chi connectivity index (χ1) is 12.4. The molecule has 2 aromatic carbocycles. The second kappa shape index (κ2) is 7.66. The van der Waals surface area contributed by atoms with Crippen molar-refractivity contribution < 1.29 is 19.0 Å². The van der Waals surface area contributed by atoms with Gasteiger partial charge in [-0.25, -0.2) is 14.2 Å². The van der Waals surface area contributed by atoms with Crippen LogP contribution in [0.15, 0.2) is 42.6 Å². The number of hydrogen-bond donors (Lipinski definition) is 1. The van der Waals surface area contributed by atoms with Crippen molar-refractivity contribution in [3.63, 3.8) is 0 Å². The van der Waals surface area contributed by atoms with E-state index in [-0.39, 0.29) is 10.8 Å². The molecule has 0 aliphatic heterocycles. The van der Waals surface area contributed by atoms with Gasteiger partial charge in [0.2, 0.25) is 5.01 Å². The number of ether oxygens (including phenoxy) is 1. The predicted molar refractivity (Wildman–Crippen MR) is 98.5 cm³/mol. The zero-order valence-electron chi connectivity index (χ0n) is 14.5. The highest BCUT2D eigenvalue weighted by molar-refractivity contribution is 7.13. The zero-order chi connectivity index (χ0) is 18.7. The lowest BCUT2D eigenvalue weighted by Gasteiger charge is -2.07. The summed E-state index contributed by atoms with van der Waals surface area (Å²) in [6.45, 7) is 3.74. The first kappa shape index (κ1) is 18.1. The lowest BCUT2D eigenvalue weighted by Crippen LogP contribution is -2.08. The van der Waals surface area contributed by atoms with E-state index in [9.17, 15) is 14.3 Å². The number of nitrogens with zero attached hydrogens (tertiary/aromatic N) is 1. The molecule has 0 aliphatic rings. The molecule has 0 bridgehead atoms. The topological polar surface area (TPSA) is 59.4 Å². The molecule has 0 aliphatic carbocycles. The van der Waals surface area contributed by atoms with Crippen LogP contribution in [0.1, 0.15) is 31.4 Å². The van der Waals surface area contributed by atoms with Gasteiger partial charge in [-0.2, -0.15) is 0 Å². The Kier molecular flexibility index (Phi) is 5.32. The smallest absolute Gasteiger partial charge is 0.372 e. The third kappa shape index (κ3) is 4.08. The van der Waals surface area contributed by atoms with Gasteiger partial charge in [-0.1, -0.05) is 24.3 Å². The van der Waals surface area contributed by atoms with E-state index < -0.39 is 11.8 Å². The number of hydrogen-bond acceptors (Lipinski definition) is 5. The Labute approximate surface area is 154 Å². The average Bonchev–Trinajstić information content (AvgIpc) is 3.09. The maximum absolute atomic E-state index is 13.6. The fourth-order valence-electron chi connectivity index (χ4n) is 2.65. The van der Waals surface area contributed by atoms with Crippen LogP contribution in [0.2, 0.25) is 0 Å². The van der Waals surface area contributed by atoms with Gasteiger partial charge in [0.15, 0.2) is 11.6 Å². The summed E-state index contributed by atoms with van der Waals surface area (Å²) in [6.07, 6.45) is 3.13. The molecule has 4 nitrogen and oxygen atoms in total. The molecule has 0 radical (unpaired) electrons. The molecule has 0 amide bonds. The number of para-hydroxylation sites is 1. The number of phenols is 1. The maximum atomic E-state index is 13.6. The summed E-state index contributed by atoms with van der Waals surface area (Å²) in [5, 5.41) is 10.0. The number of aromatic hydroxyl groups is 1. The Morgan fingerprint density at radius 2 is 1.88 bits per heavy atom. The Balaban J connectivity index is 1.64. The van der Waals surface area contributed by atoms with Gasteiger partial charge in [-0.3, -0.25) is 0 Å². The van der Waals surface area contributed by atoms with Crippen LogP contribution < -0.4 is 4.74 Å². The van der Waals surface area contributed by atoms with Gasteiger partial charge in [0.1, 0.15) is 5.75 Å². The lowest BCUT2D eigenvalue weighted by atomic mass is 10.0. The van der Waals surface area contributed by atoms with Crippen molar-refractivity contribution in [2.24, 2.45) is 0 Å². The number of thiazole rings is 1. The molecule has 0 fully saturated rings. The first-order valence-electron chi connectivity index (χ1n) is 8.14. The van der Waals surface area contributed by atoms with Crippen molar-refractivity contribution in [2.75, 3.05) is 0 Å². The molecule has 1 N–H and O–H groups in total. The van der Waals surface area contributed by atoms with Crippen molar-refractivity contribution in [1.82, 2.24) is 4.98 Å². The molecule has 0 unspecified atom stereocenters. The summed E-state index contributed by atoms with van der Waals surface area (Å²) in [4.78, 5) is 17.1. The van der Waals surface area contributed by atoms with E-state index >= 15 is 0 Å². The van der Waals surface area contributed by atoms with Crippen LogP contribution >= 0.6 is 11.3 Å². The highest BCUT2D eigenvalue weighted by atomic mass is 32.1. The average molecular weight is 371 g/mol. The van der Waals surface area contributed by atoms with E-state index in [1.54, 1.807) is 12.3 Å². The minimum Gasteiger partial charge on any atom is -0.507 e. The van der Waals surface area contributed by atoms with Crippen molar-refractivity contribution >= 4 is 17.3 Å². The van der Waals surface area contributed by atoms with E-state index in [0.29, 0.717) is 12.2 Å². The third-order valence-electron chi connectivity index (χ3n) is 3.98. The SMILES string of the molecule is Cc1cc(CCc2cnc(C(=O)Oc3ccccc3F)s2)cc(C)c1O. The summed E-state index contributed by atoms with van der Waals surface area (Å²) in [5.74, 6) is -1.03. The van der Waals surface area contributed by atoms with Crippen LogP contribution in [-0.2, 0) is 12.8 Å². The molecule has 1 aromatic heterocycles. The Morgan fingerprint density at radius 1 is 1.19 bits per heavy atom. The number of benzene rings is 2. The predicted octanol–water partition coefficient (Wildman–Crippen LogP) is 4.61. The number of halogens is 1. The molecule has 0 spiro atoms. The molecule has 0 saturated carbocycles. The number of aromatic nitrogens is 1. The van der Waals surface area contributed by atoms with E-state index in [4.69, 9.17) is 4.74 Å².